The lowest BCUT2D eigenvalue weighted by atomic mass is 10.0. The second-order valence-electron chi connectivity index (χ2n) is 7.61. The molecule has 9 heteroatoms. The third-order valence-corrected chi connectivity index (χ3v) is 4.78. The van der Waals surface area contributed by atoms with E-state index >= 15 is 0 Å². The zero-order chi connectivity index (χ0) is 22.5. The molecule has 1 aromatic carbocycles. The summed E-state index contributed by atoms with van der Waals surface area (Å²) >= 11 is 0. The molecule has 0 fully saturated rings. The number of aryl methyl sites for hydroxylation is 1. The fourth-order valence-electron chi connectivity index (χ4n) is 2.98. The lowest BCUT2D eigenvalue weighted by Crippen LogP contribution is -2.26. The number of benzene rings is 1. The van der Waals surface area contributed by atoms with Crippen molar-refractivity contribution in [3.8, 4) is 5.75 Å². The van der Waals surface area contributed by atoms with Gasteiger partial charge in [0.2, 0.25) is 0 Å². The number of rotatable bonds is 8. The first kappa shape index (κ1) is 22.1. The fourth-order valence-corrected chi connectivity index (χ4v) is 2.98. The topological polar surface area (TPSA) is 94.3 Å². The van der Waals surface area contributed by atoms with Crippen LogP contribution in [0.2, 0.25) is 0 Å². The Labute approximate surface area is 181 Å². The van der Waals surface area contributed by atoms with E-state index in [1.807, 2.05) is 31.2 Å². The van der Waals surface area contributed by atoms with Crippen LogP contribution in [0.5, 0.6) is 5.75 Å². The van der Waals surface area contributed by atoms with Crippen LogP contribution in [-0.4, -0.2) is 50.4 Å². The van der Waals surface area contributed by atoms with Gasteiger partial charge < -0.3 is 15.0 Å². The fraction of sp³-hybridized carbons (Fsp3) is 0.364. The normalized spacial score (nSPS) is 10.9. The monoisotopic (exact) mass is 424 g/mol. The first-order chi connectivity index (χ1) is 14.8. The summed E-state index contributed by atoms with van der Waals surface area (Å²) in [5.41, 5.74) is 2.13. The minimum absolute atomic E-state index is 0.173. The summed E-state index contributed by atoms with van der Waals surface area (Å²) < 4.78 is 8.82. The van der Waals surface area contributed by atoms with E-state index in [9.17, 15) is 9.59 Å². The number of nitrogens with zero attached hydrogens (tertiary/aromatic N) is 5. The molecule has 0 bridgehead atoms. The van der Waals surface area contributed by atoms with Gasteiger partial charge in [0.15, 0.2) is 12.4 Å². The van der Waals surface area contributed by atoms with Crippen molar-refractivity contribution in [2.45, 2.75) is 40.0 Å². The molecule has 0 saturated carbocycles. The molecular formula is C22H28N6O3. The molecule has 0 saturated heterocycles. The van der Waals surface area contributed by atoms with Crippen LogP contribution in [0.3, 0.4) is 0 Å². The van der Waals surface area contributed by atoms with Gasteiger partial charge in [-0.3, -0.25) is 14.3 Å². The average Bonchev–Trinajstić information content (AvgIpc) is 3.38. The molecule has 0 aliphatic heterocycles. The molecule has 2 heterocycles. The molecular weight excluding hydrogens is 396 g/mol. The molecule has 31 heavy (non-hydrogen) atoms. The summed E-state index contributed by atoms with van der Waals surface area (Å²) in [4.78, 5) is 26.6. The summed E-state index contributed by atoms with van der Waals surface area (Å²) in [5, 5.41) is 11.2. The van der Waals surface area contributed by atoms with Crippen molar-refractivity contribution in [3.05, 3.63) is 59.7 Å². The van der Waals surface area contributed by atoms with Crippen LogP contribution >= 0.6 is 0 Å². The van der Waals surface area contributed by atoms with Crippen LogP contribution < -0.4 is 10.1 Å². The van der Waals surface area contributed by atoms with E-state index in [1.54, 1.807) is 31.0 Å². The van der Waals surface area contributed by atoms with Crippen molar-refractivity contribution in [2.75, 3.05) is 19.4 Å². The standard InChI is InChI=1S/C22H28N6O3/c1-6-28-20(22(30)26(4)5)19(13-23-28)24-21(29)18-11-12-27(25-18)14-31-17-9-7-16(8-10-17)15(2)3/h7-13,15H,6,14H2,1-5H3,(H,24,29). The summed E-state index contributed by atoms with van der Waals surface area (Å²) in [5.74, 6) is 0.518. The highest BCUT2D eigenvalue weighted by atomic mass is 16.5. The summed E-state index contributed by atoms with van der Waals surface area (Å²) in [6.45, 7) is 6.84. The van der Waals surface area contributed by atoms with E-state index in [2.05, 4.69) is 29.4 Å². The first-order valence-corrected chi connectivity index (χ1v) is 10.1. The van der Waals surface area contributed by atoms with E-state index in [1.165, 1.54) is 21.3 Å². The molecule has 0 aliphatic carbocycles. The van der Waals surface area contributed by atoms with Crippen LogP contribution in [0.25, 0.3) is 0 Å². The van der Waals surface area contributed by atoms with Crippen molar-refractivity contribution in [2.24, 2.45) is 0 Å². The van der Waals surface area contributed by atoms with Gasteiger partial charge in [-0.2, -0.15) is 10.2 Å². The van der Waals surface area contributed by atoms with Crippen molar-refractivity contribution >= 4 is 17.5 Å². The van der Waals surface area contributed by atoms with Gasteiger partial charge in [0.25, 0.3) is 11.8 Å². The molecule has 0 radical (unpaired) electrons. The van der Waals surface area contributed by atoms with Gasteiger partial charge in [0, 0.05) is 26.8 Å². The maximum absolute atomic E-state index is 12.7. The Kier molecular flexibility index (Phi) is 6.74. The van der Waals surface area contributed by atoms with Crippen molar-refractivity contribution in [3.63, 3.8) is 0 Å². The van der Waals surface area contributed by atoms with Crippen molar-refractivity contribution in [1.29, 1.82) is 0 Å². The highest BCUT2D eigenvalue weighted by Crippen LogP contribution is 2.19. The maximum atomic E-state index is 12.7. The van der Waals surface area contributed by atoms with Gasteiger partial charge in [-0.05, 0) is 36.6 Å². The van der Waals surface area contributed by atoms with Crippen molar-refractivity contribution in [1.82, 2.24) is 24.5 Å². The second kappa shape index (κ2) is 9.46. The quantitative estimate of drug-likeness (QED) is 0.599. The zero-order valence-electron chi connectivity index (χ0n) is 18.5. The number of carbonyl (C=O) groups is 2. The molecule has 1 N–H and O–H groups in total. The van der Waals surface area contributed by atoms with Gasteiger partial charge in [-0.15, -0.1) is 0 Å². The van der Waals surface area contributed by atoms with Crippen molar-refractivity contribution < 1.29 is 14.3 Å². The Balaban J connectivity index is 1.65. The largest absolute Gasteiger partial charge is 0.471 e. The summed E-state index contributed by atoms with van der Waals surface area (Å²) in [7, 11) is 3.30. The van der Waals surface area contributed by atoms with E-state index in [4.69, 9.17) is 4.74 Å². The number of anilines is 1. The number of amides is 2. The molecule has 0 atom stereocenters. The van der Waals surface area contributed by atoms with Gasteiger partial charge in [-0.25, -0.2) is 4.68 Å². The molecule has 0 spiro atoms. The van der Waals surface area contributed by atoms with Crippen LogP contribution in [0.4, 0.5) is 5.69 Å². The van der Waals surface area contributed by atoms with Crippen LogP contribution in [0.1, 0.15) is 53.2 Å². The predicted molar refractivity (Wildman–Crippen MR) is 117 cm³/mol. The number of hydrogen-bond donors (Lipinski definition) is 1. The highest BCUT2D eigenvalue weighted by molar-refractivity contribution is 6.07. The Morgan fingerprint density at radius 2 is 1.87 bits per heavy atom. The number of ether oxygens (including phenoxy) is 1. The molecule has 3 aromatic rings. The Hall–Kier alpha value is -3.62. The smallest absolute Gasteiger partial charge is 0.276 e. The number of nitrogens with one attached hydrogen (secondary N) is 1. The molecule has 2 aromatic heterocycles. The molecule has 9 nitrogen and oxygen atoms in total. The molecule has 164 valence electrons. The van der Waals surface area contributed by atoms with Gasteiger partial charge in [-0.1, -0.05) is 26.0 Å². The minimum atomic E-state index is -0.427. The van der Waals surface area contributed by atoms with E-state index in [0.717, 1.165) is 5.75 Å². The third-order valence-electron chi connectivity index (χ3n) is 4.78. The first-order valence-electron chi connectivity index (χ1n) is 10.1. The SMILES string of the molecule is CCn1ncc(NC(=O)c2ccn(COc3ccc(C(C)C)cc3)n2)c1C(=O)N(C)C. The highest BCUT2D eigenvalue weighted by Gasteiger charge is 2.22. The number of carbonyl (C=O) groups excluding carboxylic acids is 2. The van der Waals surface area contributed by atoms with E-state index in [0.29, 0.717) is 23.8 Å². The summed E-state index contributed by atoms with van der Waals surface area (Å²) in [6.07, 6.45) is 3.14. The van der Waals surface area contributed by atoms with E-state index in [-0.39, 0.29) is 18.3 Å². The number of hydrogen-bond acceptors (Lipinski definition) is 5. The summed E-state index contributed by atoms with van der Waals surface area (Å²) in [6, 6.07) is 9.50. The van der Waals surface area contributed by atoms with E-state index < -0.39 is 5.91 Å². The average molecular weight is 425 g/mol. The predicted octanol–water partition coefficient (Wildman–Crippen LogP) is 3.21. The third kappa shape index (κ3) is 5.11. The van der Waals surface area contributed by atoms with Gasteiger partial charge in [0.05, 0.1) is 11.9 Å². The van der Waals surface area contributed by atoms with Gasteiger partial charge in [0.1, 0.15) is 11.4 Å². The Morgan fingerprint density at radius 1 is 1.16 bits per heavy atom. The van der Waals surface area contributed by atoms with Crippen LogP contribution in [0, 0.1) is 0 Å². The molecule has 0 unspecified atom stereocenters. The minimum Gasteiger partial charge on any atom is -0.471 e. The molecule has 0 aliphatic rings. The molecule has 2 amide bonds. The van der Waals surface area contributed by atoms with Crippen LogP contribution in [-0.2, 0) is 13.3 Å². The lowest BCUT2D eigenvalue weighted by molar-refractivity contribution is 0.0816. The van der Waals surface area contributed by atoms with Gasteiger partial charge >= 0.3 is 0 Å². The molecule has 3 rings (SSSR count). The Bertz CT molecular complexity index is 1050. The zero-order valence-corrected chi connectivity index (χ0v) is 18.5. The second-order valence-corrected chi connectivity index (χ2v) is 7.61. The van der Waals surface area contributed by atoms with Crippen LogP contribution in [0.15, 0.2) is 42.7 Å². The number of aromatic nitrogens is 4. The Morgan fingerprint density at radius 3 is 2.48 bits per heavy atom. The lowest BCUT2D eigenvalue weighted by Gasteiger charge is -2.13. The maximum Gasteiger partial charge on any atom is 0.276 e.